The van der Waals surface area contributed by atoms with Crippen molar-refractivity contribution in [1.82, 2.24) is 14.9 Å². The predicted molar refractivity (Wildman–Crippen MR) is 85.6 cm³/mol. The number of hydrogen-bond acceptors (Lipinski definition) is 3. The lowest BCUT2D eigenvalue weighted by Crippen LogP contribution is -2.37. The molecule has 23 heavy (non-hydrogen) atoms. The van der Waals surface area contributed by atoms with E-state index in [2.05, 4.69) is 10.3 Å². The van der Waals surface area contributed by atoms with E-state index in [0.717, 1.165) is 25.7 Å². The monoisotopic (exact) mass is 317 g/mol. The minimum absolute atomic E-state index is 0.0389. The van der Waals surface area contributed by atoms with E-state index >= 15 is 0 Å². The summed E-state index contributed by atoms with van der Waals surface area (Å²) in [5.74, 6) is -0.461. The number of hydrogen-bond donors (Lipinski definition) is 1. The highest BCUT2D eigenvalue weighted by Gasteiger charge is 2.15. The zero-order chi connectivity index (χ0) is 16.2. The molecule has 0 radical (unpaired) electrons. The number of rotatable bonds is 4. The molecule has 3 rings (SSSR count). The summed E-state index contributed by atoms with van der Waals surface area (Å²) in [7, 11) is 0. The van der Waals surface area contributed by atoms with Gasteiger partial charge in [-0.1, -0.05) is 19.3 Å². The van der Waals surface area contributed by atoms with Crippen LogP contribution in [-0.2, 0) is 11.3 Å². The summed E-state index contributed by atoms with van der Waals surface area (Å²) in [6.07, 6.45) is 7.25. The highest BCUT2D eigenvalue weighted by molar-refractivity contribution is 5.77. The molecular weight excluding hydrogens is 297 g/mol. The number of carbonyl (C=O) groups excluding carboxylic acids is 1. The van der Waals surface area contributed by atoms with Crippen LogP contribution < -0.4 is 10.9 Å². The Morgan fingerprint density at radius 3 is 2.87 bits per heavy atom. The lowest BCUT2D eigenvalue weighted by Gasteiger charge is -2.22. The van der Waals surface area contributed by atoms with E-state index in [4.69, 9.17) is 0 Å². The van der Waals surface area contributed by atoms with Gasteiger partial charge in [-0.3, -0.25) is 14.2 Å². The second-order valence-corrected chi connectivity index (χ2v) is 6.06. The molecule has 0 atom stereocenters. The third-order valence-electron chi connectivity index (χ3n) is 4.34. The molecule has 0 aliphatic heterocycles. The van der Waals surface area contributed by atoms with Crippen LogP contribution >= 0.6 is 0 Å². The Hall–Kier alpha value is -2.24. The summed E-state index contributed by atoms with van der Waals surface area (Å²) < 4.78 is 14.5. The van der Waals surface area contributed by atoms with Gasteiger partial charge < -0.3 is 5.32 Å². The molecule has 2 aromatic rings. The average molecular weight is 317 g/mol. The van der Waals surface area contributed by atoms with Gasteiger partial charge in [0.05, 0.1) is 17.2 Å². The van der Waals surface area contributed by atoms with Crippen molar-refractivity contribution in [3.05, 3.63) is 40.7 Å². The third-order valence-corrected chi connectivity index (χ3v) is 4.34. The van der Waals surface area contributed by atoms with Crippen molar-refractivity contribution in [2.24, 2.45) is 0 Å². The molecule has 1 fully saturated rings. The Bertz CT molecular complexity index is 766. The molecule has 1 aliphatic rings. The van der Waals surface area contributed by atoms with Gasteiger partial charge in [0.2, 0.25) is 5.91 Å². The number of amides is 1. The zero-order valence-corrected chi connectivity index (χ0v) is 12.9. The first-order valence-corrected chi connectivity index (χ1v) is 8.07. The van der Waals surface area contributed by atoms with Crippen molar-refractivity contribution >= 4 is 16.8 Å². The van der Waals surface area contributed by atoms with E-state index in [-0.39, 0.29) is 30.5 Å². The lowest BCUT2D eigenvalue weighted by atomic mass is 9.95. The second-order valence-electron chi connectivity index (χ2n) is 6.06. The quantitative estimate of drug-likeness (QED) is 0.941. The smallest absolute Gasteiger partial charge is 0.261 e. The molecule has 0 saturated heterocycles. The van der Waals surface area contributed by atoms with E-state index in [1.54, 1.807) is 0 Å². The van der Waals surface area contributed by atoms with Crippen LogP contribution in [0.1, 0.15) is 38.5 Å². The van der Waals surface area contributed by atoms with E-state index in [0.29, 0.717) is 10.9 Å². The first kappa shape index (κ1) is 15.6. The van der Waals surface area contributed by atoms with Gasteiger partial charge in [-0.25, -0.2) is 9.37 Å². The van der Waals surface area contributed by atoms with Gasteiger partial charge in [0.1, 0.15) is 5.82 Å². The van der Waals surface area contributed by atoms with Crippen molar-refractivity contribution in [3.8, 4) is 0 Å². The fourth-order valence-corrected chi connectivity index (χ4v) is 3.06. The van der Waals surface area contributed by atoms with E-state index in [1.807, 2.05) is 0 Å². The normalized spacial score (nSPS) is 15.7. The largest absolute Gasteiger partial charge is 0.353 e. The SMILES string of the molecule is O=C(CCn1cnc2cc(F)ccc2c1=O)NC1CCCCC1. The first-order valence-electron chi connectivity index (χ1n) is 8.07. The number of aromatic nitrogens is 2. The van der Waals surface area contributed by atoms with Crippen LogP contribution in [0.15, 0.2) is 29.3 Å². The number of carbonyl (C=O) groups is 1. The topological polar surface area (TPSA) is 64.0 Å². The maximum atomic E-state index is 13.1. The van der Waals surface area contributed by atoms with Crippen molar-refractivity contribution < 1.29 is 9.18 Å². The van der Waals surface area contributed by atoms with Crippen LogP contribution in [0.2, 0.25) is 0 Å². The van der Waals surface area contributed by atoms with Crippen LogP contribution in [0.25, 0.3) is 10.9 Å². The molecule has 0 spiro atoms. The van der Waals surface area contributed by atoms with E-state index < -0.39 is 5.82 Å². The molecule has 1 saturated carbocycles. The Morgan fingerprint density at radius 1 is 1.30 bits per heavy atom. The summed E-state index contributed by atoms with van der Waals surface area (Å²) in [6.45, 7) is 0.275. The molecule has 5 nitrogen and oxygen atoms in total. The molecule has 0 bridgehead atoms. The maximum Gasteiger partial charge on any atom is 0.261 e. The molecule has 1 heterocycles. The molecular formula is C17H20FN3O2. The molecule has 1 amide bonds. The Balaban J connectivity index is 1.64. The first-order chi connectivity index (χ1) is 11.1. The Kier molecular flexibility index (Phi) is 4.69. The van der Waals surface area contributed by atoms with Crippen LogP contribution in [0, 0.1) is 5.82 Å². The number of benzene rings is 1. The van der Waals surface area contributed by atoms with Gasteiger partial charge in [0.15, 0.2) is 0 Å². The standard InChI is InChI=1S/C17H20FN3O2/c18-12-6-7-14-15(10-12)19-11-21(17(14)23)9-8-16(22)20-13-4-2-1-3-5-13/h6-7,10-11,13H,1-5,8-9H2,(H,20,22). The maximum absolute atomic E-state index is 13.1. The fraction of sp³-hybridized carbons (Fsp3) is 0.471. The van der Waals surface area contributed by atoms with E-state index in [1.165, 1.54) is 35.5 Å². The zero-order valence-electron chi connectivity index (χ0n) is 12.9. The second kappa shape index (κ2) is 6.89. The van der Waals surface area contributed by atoms with Crippen LogP contribution in [-0.4, -0.2) is 21.5 Å². The van der Waals surface area contributed by atoms with Crippen molar-refractivity contribution in [1.29, 1.82) is 0 Å². The number of nitrogens with one attached hydrogen (secondary N) is 1. The minimum Gasteiger partial charge on any atom is -0.353 e. The molecule has 1 aromatic carbocycles. The van der Waals surface area contributed by atoms with E-state index in [9.17, 15) is 14.0 Å². The highest BCUT2D eigenvalue weighted by atomic mass is 19.1. The number of nitrogens with zero attached hydrogens (tertiary/aromatic N) is 2. The van der Waals surface area contributed by atoms with Crippen molar-refractivity contribution in [3.63, 3.8) is 0 Å². The lowest BCUT2D eigenvalue weighted by molar-refractivity contribution is -0.122. The van der Waals surface area contributed by atoms with Crippen LogP contribution in [0.3, 0.4) is 0 Å². The molecule has 1 N–H and O–H groups in total. The van der Waals surface area contributed by atoms with Gasteiger partial charge >= 0.3 is 0 Å². The van der Waals surface area contributed by atoms with Crippen molar-refractivity contribution in [2.45, 2.75) is 51.1 Å². The molecule has 122 valence electrons. The van der Waals surface area contributed by atoms with Gasteiger partial charge in [-0.15, -0.1) is 0 Å². The van der Waals surface area contributed by atoms with Crippen molar-refractivity contribution in [2.75, 3.05) is 0 Å². The Morgan fingerprint density at radius 2 is 2.09 bits per heavy atom. The molecule has 1 aromatic heterocycles. The number of aryl methyl sites for hydroxylation is 1. The van der Waals surface area contributed by atoms with Gasteiger partial charge in [-0.2, -0.15) is 0 Å². The average Bonchev–Trinajstić information content (AvgIpc) is 2.55. The molecule has 1 aliphatic carbocycles. The number of fused-ring (bicyclic) bond motifs is 1. The summed E-state index contributed by atoms with van der Waals surface area (Å²) in [4.78, 5) is 28.4. The predicted octanol–water partition coefficient (Wildman–Crippen LogP) is 2.37. The number of halogens is 1. The molecule has 0 unspecified atom stereocenters. The third kappa shape index (κ3) is 3.75. The summed E-state index contributed by atoms with van der Waals surface area (Å²) >= 11 is 0. The van der Waals surface area contributed by atoms with Gasteiger partial charge in [0.25, 0.3) is 5.56 Å². The fourth-order valence-electron chi connectivity index (χ4n) is 3.06. The minimum atomic E-state index is -0.422. The Labute approximate surface area is 133 Å². The van der Waals surface area contributed by atoms with Gasteiger partial charge in [0, 0.05) is 25.1 Å². The highest BCUT2D eigenvalue weighted by Crippen LogP contribution is 2.17. The van der Waals surface area contributed by atoms with Crippen LogP contribution in [0.5, 0.6) is 0 Å². The molecule has 6 heteroatoms. The summed E-state index contributed by atoms with van der Waals surface area (Å²) in [5, 5.41) is 3.39. The van der Waals surface area contributed by atoms with Crippen LogP contribution in [0.4, 0.5) is 4.39 Å². The summed E-state index contributed by atoms with van der Waals surface area (Å²) in [5.41, 5.74) is 0.0818. The van der Waals surface area contributed by atoms with Gasteiger partial charge in [-0.05, 0) is 25.0 Å². The summed E-state index contributed by atoms with van der Waals surface area (Å²) in [6, 6.07) is 4.17.